The van der Waals surface area contributed by atoms with Crippen molar-refractivity contribution >= 4 is 23.4 Å². The van der Waals surface area contributed by atoms with Gasteiger partial charge in [-0.2, -0.15) is 4.68 Å². The van der Waals surface area contributed by atoms with E-state index in [9.17, 15) is 9.59 Å². The number of thioether (sulfide) groups is 1. The Balaban J connectivity index is 2.07. The van der Waals surface area contributed by atoms with Crippen LogP contribution in [0.25, 0.3) is 0 Å². The highest BCUT2D eigenvalue weighted by molar-refractivity contribution is 8.00. The Morgan fingerprint density at radius 1 is 1.27 bits per heavy atom. The summed E-state index contributed by atoms with van der Waals surface area (Å²) < 4.78 is 0.905. The van der Waals surface area contributed by atoms with Crippen LogP contribution < -0.4 is 16.7 Å². The van der Waals surface area contributed by atoms with Crippen LogP contribution in [-0.4, -0.2) is 26.0 Å². The molecule has 7 nitrogen and oxygen atoms in total. The van der Waals surface area contributed by atoms with Crippen molar-refractivity contribution < 1.29 is 4.79 Å². The van der Waals surface area contributed by atoms with Gasteiger partial charge in [-0.3, -0.25) is 9.59 Å². The molecule has 2 rings (SSSR count). The molecule has 3 N–H and O–H groups in total. The molecule has 1 heterocycles. The molecule has 1 amide bonds. The number of hydrogen-bond acceptors (Lipinski definition) is 6. The molecular weight excluding hydrogens is 302 g/mol. The van der Waals surface area contributed by atoms with Gasteiger partial charge in [-0.25, -0.2) is 0 Å². The van der Waals surface area contributed by atoms with Crippen LogP contribution in [0.3, 0.4) is 0 Å². The van der Waals surface area contributed by atoms with Crippen LogP contribution >= 0.6 is 11.8 Å². The molecule has 1 aromatic heterocycles. The van der Waals surface area contributed by atoms with E-state index in [1.165, 1.54) is 6.92 Å². The molecule has 0 saturated heterocycles. The fourth-order valence-electron chi connectivity index (χ4n) is 1.64. The number of nitrogen functional groups attached to an aromatic ring is 1. The van der Waals surface area contributed by atoms with Gasteiger partial charge < -0.3 is 11.2 Å². The average molecular weight is 319 g/mol. The second-order valence-corrected chi connectivity index (χ2v) is 6.17. The monoisotopic (exact) mass is 319 g/mol. The van der Waals surface area contributed by atoms with Gasteiger partial charge >= 0.3 is 0 Å². The number of anilines is 1. The number of carbonyl (C=O) groups is 1. The standard InChI is InChI=1S/C14H17N5O2S/c1-8-4-6-11(7-5-8)16-12(20)10(3)22-14-18-17-9(2)13(21)19(14)15/h4-7,10H,15H2,1-3H3,(H,16,20)/t10-/m1/s1. The molecule has 2 aromatic rings. The zero-order valence-corrected chi connectivity index (χ0v) is 13.3. The fourth-order valence-corrected chi connectivity index (χ4v) is 2.41. The fraction of sp³-hybridized carbons (Fsp3) is 0.286. The van der Waals surface area contributed by atoms with Crippen LogP contribution in [0.5, 0.6) is 0 Å². The molecule has 0 radical (unpaired) electrons. The van der Waals surface area contributed by atoms with Crippen molar-refractivity contribution in [2.45, 2.75) is 31.2 Å². The zero-order chi connectivity index (χ0) is 16.3. The van der Waals surface area contributed by atoms with Crippen LogP contribution in [0.1, 0.15) is 18.2 Å². The van der Waals surface area contributed by atoms with E-state index >= 15 is 0 Å². The van der Waals surface area contributed by atoms with Crippen molar-refractivity contribution in [3.05, 3.63) is 45.9 Å². The molecule has 116 valence electrons. The van der Waals surface area contributed by atoms with Gasteiger partial charge in [-0.15, -0.1) is 10.2 Å². The first-order valence-electron chi connectivity index (χ1n) is 6.64. The number of aromatic nitrogens is 3. The Kier molecular flexibility index (Phi) is 4.81. The molecule has 1 aromatic carbocycles. The number of aryl methyl sites for hydroxylation is 2. The van der Waals surface area contributed by atoms with Gasteiger partial charge in [0.15, 0.2) is 0 Å². The third-order valence-electron chi connectivity index (χ3n) is 2.99. The first kappa shape index (κ1) is 16.0. The molecule has 0 bridgehead atoms. The summed E-state index contributed by atoms with van der Waals surface area (Å²) in [6.45, 7) is 5.21. The second-order valence-electron chi connectivity index (χ2n) is 4.86. The van der Waals surface area contributed by atoms with Gasteiger partial charge in [-0.05, 0) is 32.9 Å². The maximum atomic E-state index is 12.2. The van der Waals surface area contributed by atoms with Gasteiger partial charge in [0, 0.05) is 5.69 Å². The summed E-state index contributed by atoms with van der Waals surface area (Å²) >= 11 is 1.08. The molecule has 0 spiro atoms. The molecule has 0 aliphatic heterocycles. The van der Waals surface area contributed by atoms with E-state index in [-0.39, 0.29) is 16.8 Å². The Morgan fingerprint density at radius 3 is 2.55 bits per heavy atom. The summed E-state index contributed by atoms with van der Waals surface area (Å²) in [7, 11) is 0. The highest BCUT2D eigenvalue weighted by Gasteiger charge is 2.18. The third kappa shape index (κ3) is 3.64. The molecule has 0 aliphatic carbocycles. The maximum absolute atomic E-state index is 12.2. The van der Waals surface area contributed by atoms with Crippen molar-refractivity contribution in [3.8, 4) is 0 Å². The number of nitrogens with zero attached hydrogens (tertiary/aromatic N) is 3. The molecule has 22 heavy (non-hydrogen) atoms. The van der Waals surface area contributed by atoms with Gasteiger partial charge in [0.2, 0.25) is 11.1 Å². The minimum absolute atomic E-state index is 0.196. The number of nitrogens with two attached hydrogens (primary N) is 1. The number of amides is 1. The van der Waals surface area contributed by atoms with Gasteiger partial charge in [0.05, 0.1) is 5.25 Å². The van der Waals surface area contributed by atoms with Gasteiger partial charge in [0.25, 0.3) is 5.56 Å². The van der Waals surface area contributed by atoms with Crippen molar-refractivity contribution in [2.75, 3.05) is 11.2 Å². The van der Waals surface area contributed by atoms with Crippen LogP contribution in [0.15, 0.2) is 34.2 Å². The van der Waals surface area contributed by atoms with E-state index < -0.39 is 10.8 Å². The minimum atomic E-state index is -0.479. The number of hydrogen-bond donors (Lipinski definition) is 2. The second kappa shape index (κ2) is 6.61. The first-order valence-corrected chi connectivity index (χ1v) is 7.52. The summed E-state index contributed by atoms with van der Waals surface area (Å²) in [6, 6.07) is 7.48. The molecule has 0 aliphatic rings. The van der Waals surface area contributed by atoms with E-state index in [1.807, 2.05) is 31.2 Å². The number of rotatable bonds is 4. The lowest BCUT2D eigenvalue weighted by atomic mass is 10.2. The average Bonchev–Trinajstić information content (AvgIpc) is 2.50. The smallest absolute Gasteiger partial charge is 0.294 e. The predicted molar refractivity (Wildman–Crippen MR) is 86.3 cm³/mol. The predicted octanol–water partition coefficient (Wildman–Crippen LogP) is 1.09. The largest absolute Gasteiger partial charge is 0.334 e. The first-order chi connectivity index (χ1) is 10.4. The molecular formula is C14H17N5O2S. The summed E-state index contributed by atoms with van der Waals surface area (Å²) in [5, 5.41) is 10.1. The quantitative estimate of drug-likeness (QED) is 0.646. The van der Waals surface area contributed by atoms with Crippen LogP contribution in [0, 0.1) is 13.8 Å². The SMILES string of the molecule is Cc1ccc(NC(=O)[C@@H](C)Sc2nnc(C)c(=O)n2N)cc1. The van der Waals surface area contributed by atoms with Gasteiger partial charge in [-0.1, -0.05) is 29.5 Å². The summed E-state index contributed by atoms with van der Waals surface area (Å²) in [5.41, 5.74) is 1.61. The van der Waals surface area contributed by atoms with Crippen molar-refractivity contribution in [1.29, 1.82) is 0 Å². The lowest BCUT2D eigenvalue weighted by molar-refractivity contribution is -0.115. The molecule has 0 saturated carbocycles. The van der Waals surface area contributed by atoms with Crippen LogP contribution in [0.4, 0.5) is 5.69 Å². The zero-order valence-electron chi connectivity index (χ0n) is 12.5. The molecule has 8 heteroatoms. The minimum Gasteiger partial charge on any atom is -0.334 e. The van der Waals surface area contributed by atoms with Crippen LogP contribution in [0.2, 0.25) is 0 Å². The lowest BCUT2D eigenvalue weighted by Gasteiger charge is -2.13. The molecule has 1 atom stereocenters. The van der Waals surface area contributed by atoms with Crippen molar-refractivity contribution in [1.82, 2.24) is 14.9 Å². The number of benzene rings is 1. The van der Waals surface area contributed by atoms with Crippen molar-refractivity contribution in [3.63, 3.8) is 0 Å². The summed E-state index contributed by atoms with van der Waals surface area (Å²) in [5.74, 6) is 5.45. The lowest BCUT2D eigenvalue weighted by Crippen LogP contribution is -2.33. The van der Waals surface area contributed by atoms with E-state index in [1.54, 1.807) is 6.92 Å². The van der Waals surface area contributed by atoms with Gasteiger partial charge in [0.1, 0.15) is 5.69 Å². The van der Waals surface area contributed by atoms with E-state index in [0.29, 0.717) is 5.69 Å². The molecule has 0 unspecified atom stereocenters. The normalized spacial score (nSPS) is 12.0. The third-order valence-corrected chi connectivity index (χ3v) is 4.05. The van der Waals surface area contributed by atoms with Crippen molar-refractivity contribution in [2.24, 2.45) is 0 Å². The number of carbonyl (C=O) groups excluding carboxylic acids is 1. The summed E-state index contributed by atoms with van der Waals surface area (Å²) in [6.07, 6.45) is 0. The topological polar surface area (TPSA) is 103 Å². The Hall–Kier alpha value is -2.35. The highest BCUT2D eigenvalue weighted by atomic mass is 32.2. The highest BCUT2D eigenvalue weighted by Crippen LogP contribution is 2.20. The maximum Gasteiger partial charge on any atom is 0.294 e. The van der Waals surface area contributed by atoms with E-state index in [2.05, 4.69) is 15.5 Å². The molecule has 0 fully saturated rings. The Bertz CT molecular complexity index is 742. The van der Waals surface area contributed by atoms with E-state index in [4.69, 9.17) is 5.84 Å². The number of nitrogens with one attached hydrogen (secondary N) is 1. The Labute approximate surface area is 131 Å². The van der Waals surface area contributed by atoms with Crippen LogP contribution in [-0.2, 0) is 4.79 Å². The Morgan fingerprint density at radius 2 is 1.91 bits per heavy atom. The van der Waals surface area contributed by atoms with E-state index in [0.717, 1.165) is 22.0 Å². The summed E-state index contributed by atoms with van der Waals surface area (Å²) in [4.78, 5) is 23.8.